The maximum absolute atomic E-state index is 13.1. The lowest BCUT2D eigenvalue weighted by Gasteiger charge is -2.28. The van der Waals surface area contributed by atoms with Crippen LogP contribution >= 0.6 is 0 Å². The Morgan fingerprint density at radius 1 is 1.15 bits per heavy atom. The highest BCUT2D eigenvalue weighted by Crippen LogP contribution is 2.36. The molecule has 0 radical (unpaired) electrons. The summed E-state index contributed by atoms with van der Waals surface area (Å²) in [6, 6.07) is 14.4. The zero-order valence-electron chi connectivity index (χ0n) is 14.7. The maximum Gasteiger partial charge on any atom is 0.355 e. The summed E-state index contributed by atoms with van der Waals surface area (Å²) in [6.45, 7) is 2.10. The maximum atomic E-state index is 13.1. The molecule has 1 unspecified atom stereocenters. The largest absolute Gasteiger partial charge is 0.423 e. The molecular weight excluding hydrogens is 338 g/mol. The van der Waals surface area contributed by atoms with Crippen molar-refractivity contribution in [3.63, 3.8) is 0 Å². The van der Waals surface area contributed by atoms with Gasteiger partial charge in [-0.15, -0.1) is 0 Å². The minimum Gasteiger partial charge on any atom is -0.423 e. The lowest BCUT2D eigenvalue weighted by molar-refractivity contribution is -0.261. The minimum absolute atomic E-state index is 0.00373. The second-order valence-electron chi connectivity index (χ2n) is 6.59. The van der Waals surface area contributed by atoms with Gasteiger partial charge in [0.15, 0.2) is 0 Å². The molecule has 1 heterocycles. The Kier molecular flexibility index (Phi) is 5.67. The third-order valence-electron chi connectivity index (χ3n) is 4.57. The summed E-state index contributed by atoms with van der Waals surface area (Å²) >= 11 is 0. The number of esters is 1. The molecule has 3 nitrogen and oxygen atoms in total. The first-order chi connectivity index (χ1) is 12.5. The highest BCUT2D eigenvalue weighted by molar-refractivity contribution is 5.91. The third-order valence-corrected chi connectivity index (χ3v) is 4.57. The molecule has 2 aromatic rings. The van der Waals surface area contributed by atoms with E-state index >= 15 is 0 Å². The highest BCUT2D eigenvalue weighted by atomic mass is 19.3. The van der Waals surface area contributed by atoms with Gasteiger partial charge < -0.3 is 9.47 Å². The van der Waals surface area contributed by atoms with Gasteiger partial charge in [0.1, 0.15) is 5.75 Å². The summed E-state index contributed by atoms with van der Waals surface area (Å²) < 4.78 is 36.1. The Hall–Kier alpha value is -2.27. The van der Waals surface area contributed by atoms with Crippen LogP contribution in [0.5, 0.6) is 5.75 Å². The molecule has 0 bridgehead atoms. The van der Waals surface area contributed by atoms with Crippen LogP contribution in [0.2, 0.25) is 0 Å². The predicted molar refractivity (Wildman–Crippen MR) is 94.7 cm³/mol. The molecule has 5 heteroatoms. The van der Waals surface area contributed by atoms with E-state index in [1.165, 1.54) is 5.56 Å². The number of alkyl halides is 2. The van der Waals surface area contributed by atoms with Crippen molar-refractivity contribution in [2.45, 2.75) is 44.6 Å². The van der Waals surface area contributed by atoms with Gasteiger partial charge in [0, 0.05) is 12.3 Å². The van der Waals surface area contributed by atoms with Crippen LogP contribution in [0.3, 0.4) is 0 Å². The van der Waals surface area contributed by atoms with Gasteiger partial charge in [-0.05, 0) is 48.2 Å². The van der Waals surface area contributed by atoms with Crippen LogP contribution in [0.15, 0.2) is 48.5 Å². The molecule has 3 rings (SSSR count). The van der Waals surface area contributed by atoms with Crippen molar-refractivity contribution in [1.82, 2.24) is 0 Å². The smallest absolute Gasteiger partial charge is 0.355 e. The van der Waals surface area contributed by atoms with Crippen molar-refractivity contribution in [3.05, 3.63) is 65.2 Å². The molecule has 0 aromatic heterocycles. The summed E-state index contributed by atoms with van der Waals surface area (Å²) in [7, 11) is 0. The molecular formula is C21H22F2O3. The molecule has 26 heavy (non-hydrogen) atoms. The van der Waals surface area contributed by atoms with Crippen LogP contribution in [0, 0.1) is 0 Å². The van der Waals surface area contributed by atoms with Crippen molar-refractivity contribution >= 4 is 5.97 Å². The Morgan fingerprint density at radius 2 is 1.85 bits per heavy atom. The first-order valence-electron chi connectivity index (χ1n) is 8.90. The van der Waals surface area contributed by atoms with Crippen molar-refractivity contribution in [2.24, 2.45) is 0 Å². The minimum atomic E-state index is -3.02. The predicted octanol–water partition coefficient (Wildman–Crippen LogP) is 5.35. The van der Waals surface area contributed by atoms with E-state index in [0.29, 0.717) is 17.7 Å². The number of hydrogen-bond acceptors (Lipinski definition) is 3. The average molecular weight is 360 g/mol. The van der Waals surface area contributed by atoms with Crippen molar-refractivity contribution in [1.29, 1.82) is 0 Å². The molecule has 0 N–H and O–H groups in total. The SMILES string of the molecule is CCCc1ccc(C(=O)Oc2ccc(C3CCC(F)(F)OC3)cc2)cc1. The molecule has 1 saturated heterocycles. The monoisotopic (exact) mass is 360 g/mol. The van der Waals surface area contributed by atoms with Crippen LogP contribution in [0.1, 0.15) is 53.6 Å². The molecule has 0 amide bonds. The second kappa shape index (κ2) is 7.96. The van der Waals surface area contributed by atoms with Crippen molar-refractivity contribution in [2.75, 3.05) is 6.61 Å². The first-order valence-corrected chi connectivity index (χ1v) is 8.90. The number of carbonyl (C=O) groups is 1. The Balaban J connectivity index is 1.59. The van der Waals surface area contributed by atoms with Crippen LogP contribution in [0.25, 0.3) is 0 Å². The van der Waals surface area contributed by atoms with Gasteiger partial charge in [0.25, 0.3) is 0 Å². The Bertz CT molecular complexity index is 729. The molecule has 1 aliphatic heterocycles. The van der Waals surface area contributed by atoms with Gasteiger partial charge in [-0.2, -0.15) is 8.78 Å². The van der Waals surface area contributed by atoms with Crippen LogP contribution in [-0.2, 0) is 11.2 Å². The van der Waals surface area contributed by atoms with E-state index in [4.69, 9.17) is 4.74 Å². The number of rotatable bonds is 5. The fourth-order valence-corrected chi connectivity index (χ4v) is 3.05. The number of ether oxygens (including phenoxy) is 2. The van der Waals surface area contributed by atoms with Gasteiger partial charge in [0.05, 0.1) is 12.2 Å². The molecule has 138 valence electrons. The van der Waals surface area contributed by atoms with Crippen molar-refractivity contribution < 1.29 is 23.0 Å². The number of hydrogen-bond donors (Lipinski definition) is 0. The number of carbonyl (C=O) groups excluding carboxylic acids is 1. The highest BCUT2D eigenvalue weighted by Gasteiger charge is 2.36. The quantitative estimate of drug-likeness (QED) is 0.533. The molecule has 2 aromatic carbocycles. The molecule has 1 aliphatic rings. The van der Waals surface area contributed by atoms with E-state index < -0.39 is 12.1 Å². The molecule has 0 aliphatic carbocycles. The van der Waals surface area contributed by atoms with Crippen LogP contribution in [0.4, 0.5) is 8.78 Å². The third kappa shape index (κ3) is 4.67. The fourth-order valence-electron chi connectivity index (χ4n) is 3.05. The van der Waals surface area contributed by atoms with Gasteiger partial charge in [-0.3, -0.25) is 0 Å². The summed E-state index contributed by atoms with van der Waals surface area (Å²) in [5.74, 6) is -0.0506. The van der Waals surface area contributed by atoms with Gasteiger partial charge in [-0.1, -0.05) is 37.6 Å². The van der Waals surface area contributed by atoms with Gasteiger partial charge in [-0.25, -0.2) is 4.79 Å². The van der Waals surface area contributed by atoms with E-state index in [2.05, 4.69) is 11.7 Å². The standard InChI is InChI=1S/C21H22F2O3/c1-2-3-15-4-6-17(7-5-15)20(24)26-19-10-8-16(9-11-19)18-12-13-21(22,23)25-14-18/h4-11,18H,2-3,12-14H2,1H3. The van der Waals surface area contributed by atoms with E-state index in [1.54, 1.807) is 36.4 Å². The summed E-state index contributed by atoms with van der Waals surface area (Å²) in [5.41, 5.74) is 2.59. The van der Waals surface area contributed by atoms with Crippen LogP contribution < -0.4 is 4.74 Å². The summed E-state index contributed by atoms with van der Waals surface area (Å²) in [4.78, 5) is 12.2. The van der Waals surface area contributed by atoms with Gasteiger partial charge in [0.2, 0.25) is 0 Å². The number of aryl methyl sites for hydroxylation is 1. The van der Waals surface area contributed by atoms with Gasteiger partial charge >= 0.3 is 12.1 Å². The lowest BCUT2D eigenvalue weighted by Crippen LogP contribution is -2.30. The summed E-state index contributed by atoms with van der Waals surface area (Å²) in [6.07, 6.45) is -0.884. The Morgan fingerprint density at radius 3 is 2.42 bits per heavy atom. The first kappa shape index (κ1) is 18.5. The zero-order valence-corrected chi connectivity index (χ0v) is 14.7. The number of halogens is 2. The Labute approximate surface area is 151 Å². The molecule has 0 saturated carbocycles. The topological polar surface area (TPSA) is 35.5 Å². The molecule has 1 atom stereocenters. The van der Waals surface area contributed by atoms with E-state index in [9.17, 15) is 13.6 Å². The van der Waals surface area contributed by atoms with E-state index in [-0.39, 0.29) is 18.9 Å². The van der Waals surface area contributed by atoms with E-state index in [0.717, 1.165) is 18.4 Å². The normalized spacial score (nSPS) is 19.1. The molecule has 1 fully saturated rings. The van der Waals surface area contributed by atoms with E-state index in [1.807, 2.05) is 12.1 Å². The van der Waals surface area contributed by atoms with Crippen molar-refractivity contribution in [3.8, 4) is 5.75 Å². The zero-order chi connectivity index (χ0) is 18.6. The average Bonchev–Trinajstić information content (AvgIpc) is 2.63. The van der Waals surface area contributed by atoms with Crippen LogP contribution in [-0.4, -0.2) is 18.7 Å². The lowest BCUT2D eigenvalue weighted by atomic mass is 9.93. The second-order valence-corrected chi connectivity index (χ2v) is 6.59. The molecule has 0 spiro atoms. The summed E-state index contributed by atoms with van der Waals surface area (Å²) in [5, 5.41) is 0. The number of benzene rings is 2. The fraction of sp³-hybridized carbons (Fsp3) is 0.381.